The third-order valence-corrected chi connectivity index (χ3v) is 5.98. The van der Waals surface area contributed by atoms with Crippen molar-refractivity contribution in [2.75, 3.05) is 5.73 Å². The fourth-order valence-corrected chi connectivity index (χ4v) is 5.22. The van der Waals surface area contributed by atoms with Crippen LogP contribution in [0.15, 0.2) is 35.1 Å². The molecular weight excluding hydrogens is 248 g/mol. The topological polar surface area (TPSA) is 48.0 Å². The summed E-state index contributed by atoms with van der Waals surface area (Å²) in [6.45, 7) is 0. The minimum atomic E-state index is 0.111. The second-order valence-corrected chi connectivity index (χ2v) is 6.81. The molecule has 3 aliphatic carbocycles. The van der Waals surface area contributed by atoms with E-state index >= 15 is 0 Å². The molecule has 4 unspecified atom stereocenters. The van der Waals surface area contributed by atoms with Gasteiger partial charge < -0.3 is 5.73 Å². The van der Waals surface area contributed by atoms with Gasteiger partial charge in [0.25, 0.3) is 5.56 Å². The van der Waals surface area contributed by atoms with Gasteiger partial charge >= 0.3 is 0 Å². The van der Waals surface area contributed by atoms with Crippen LogP contribution in [0.1, 0.15) is 25.3 Å². The first-order valence-electron chi connectivity index (χ1n) is 7.65. The molecule has 3 heteroatoms. The highest BCUT2D eigenvalue weighted by Gasteiger charge is 2.66. The average molecular weight is 266 g/mol. The summed E-state index contributed by atoms with van der Waals surface area (Å²) < 4.78 is 1.90. The summed E-state index contributed by atoms with van der Waals surface area (Å²) in [5.41, 5.74) is 6.32. The van der Waals surface area contributed by atoms with Gasteiger partial charge in [-0.25, -0.2) is 0 Å². The van der Waals surface area contributed by atoms with Crippen LogP contribution in [0.4, 0.5) is 5.82 Å². The smallest absolute Gasteiger partial charge is 0.260 e. The molecule has 3 saturated carbocycles. The number of anilines is 1. The monoisotopic (exact) mass is 266 g/mol. The highest BCUT2D eigenvalue weighted by molar-refractivity contribution is 5.83. The van der Waals surface area contributed by atoms with Crippen molar-refractivity contribution >= 4 is 16.6 Å². The van der Waals surface area contributed by atoms with Gasteiger partial charge in [-0.05, 0) is 60.5 Å². The van der Waals surface area contributed by atoms with Crippen LogP contribution in [-0.4, -0.2) is 4.57 Å². The van der Waals surface area contributed by atoms with Crippen LogP contribution in [-0.2, 0) is 0 Å². The second-order valence-electron chi connectivity index (χ2n) is 6.81. The number of pyridine rings is 1. The van der Waals surface area contributed by atoms with E-state index in [2.05, 4.69) is 0 Å². The summed E-state index contributed by atoms with van der Waals surface area (Å²) in [7, 11) is 0. The minimum Gasteiger partial charge on any atom is -0.385 e. The SMILES string of the molecule is Nc1cc2ccccc2c(=O)n1C1C2C3CCC(C3)C21. The van der Waals surface area contributed by atoms with Gasteiger partial charge in [-0.3, -0.25) is 9.36 Å². The van der Waals surface area contributed by atoms with Gasteiger partial charge in [0.05, 0.1) is 0 Å². The maximum Gasteiger partial charge on any atom is 0.260 e. The standard InChI is InChI=1S/C17H18N2O/c18-13-8-9-3-1-2-4-12(9)17(20)19(13)16-14-10-5-6-11(7-10)15(14)16/h1-4,8,10-11,14-16H,5-7,18H2. The fraction of sp³-hybridized carbons (Fsp3) is 0.471. The number of nitrogen functional groups attached to an aromatic ring is 1. The molecule has 0 amide bonds. The van der Waals surface area contributed by atoms with Gasteiger partial charge in [0.1, 0.15) is 5.82 Å². The summed E-state index contributed by atoms with van der Waals surface area (Å²) >= 11 is 0. The third-order valence-electron chi connectivity index (χ3n) is 5.98. The lowest BCUT2D eigenvalue weighted by atomic mass is 10.0. The normalized spacial score (nSPS) is 37.3. The van der Waals surface area contributed by atoms with Gasteiger partial charge in [-0.2, -0.15) is 0 Å². The number of nitrogens with zero attached hydrogens (tertiary/aromatic N) is 1. The first-order valence-corrected chi connectivity index (χ1v) is 7.65. The zero-order valence-corrected chi connectivity index (χ0v) is 11.3. The Morgan fingerprint density at radius 3 is 2.55 bits per heavy atom. The molecule has 5 rings (SSSR count). The van der Waals surface area contributed by atoms with Crippen molar-refractivity contribution in [1.29, 1.82) is 0 Å². The maximum absolute atomic E-state index is 12.8. The highest BCUT2D eigenvalue weighted by atomic mass is 16.1. The number of benzene rings is 1. The molecule has 20 heavy (non-hydrogen) atoms. The molecule has 3 nitrogen and oxygen atoms in total. The first kappa shape index (κ1) is 11.0. The van der Waals surface area contributed by atoms with E-state index in [4.69, 9.17) is 5.73 Å². The molecule has 0 aliphatic heterocycles. The number of fused-ring (bicyclic) bond motifs is 6. The van der Waals surface area contributed by atoms with Gasteiger partial charge in [-0.15, -0.1) is 0 Å². The van der Waals surface area contributed by atoms with Gasteiger partial charge in [0, 0.05) is 11.4 Å². The summed E-state index contributed by atoms with van der Waals surface area (Å²) in [5, 5.41) is 1.76. The van der Waals surface area contributed by atoms with Crippen LogP contribution in [0.25, 0.3) is 10.8 Å². The Morgan fingerprint density at radius 1 is 1.10 bits per heavy atom. The fourth-order valence-electron chi connectivity index (χ4n) is 5.22. The number of nitrogens with two attached hydrogens (primary N) is 1. The summed E-state index contributed by atoms with van der Waals surface area (Å²) in [5.74, 6) is 3.82. The maximum atomic E-state index is 12.8. The van der Waals surface area contributed by atoms with Crippen LogP contribution in [0.2, 0.25) is 0 Å². The Balaban J connectivity index is 1.69. The molecule has 2 N–H and O–H groups in total. The average Bonchev–Trinajstić information content (AvgIpc) is 2.87. The number of hydrogen-bond donors (Lipinski definition) is 1. The summed E-state index contributed by atoms with van der Waals surface area (Å²) in [4.78, 5) is 12.8. The Hall–Kier alpha value is -1.77. The van der Waals surface area contributed by atoms with Crippen molar-refractivity contribution in [3.05, 3.63) is 40.7 Å². The molecule has 2 bridgehead atoms. The lowest BCUT2D eigenvalue weighted by Gasteiger charge is -2.15. The quantitative estimate of drug-likeness (QED) is 0.862. The zero-order valence-electron chi connectivity index (χ0n) is 11.3. The molecule has 2 aromatic rings. The molecule has 102 valence electrons. The Kier molecular flexibility index (Phi) is 1.89. The molecule has 3 fully saturated rings. The number of rotatable bonds is 1. The molecule has 4 atom stereocenters. The van der Waals surface area contributed by atoms with Crippen LogP contribution >= 0.6 is 0 Å². The molecule has 3 aliphatic rings. The lowest BCUT2D eigenvalue weighted by molar-refractivity contribution is 0.451. The summed E-state index contributed by atoms with van der Waals surface area (Å²) in [6.07, 6.45) is 4.13. The van der Waals surface area contributed by atoms with E-state index in [0.717, 1.165) is 34.4 Å². The summed E-state index contributed by atoms with van der Waals surface area (Å²) in [6, 6.07) is 10.1. The molecular formula is C17H18N2O. The molecule has 1 heterocycles. The highest BCUT2D eigenvalue weighted by Crippen LogP contribution is 2.71. The van der Waals surface area contributed by atoms with E-state index < -0.39 is 0 Å². The number of hydrogen-bond acceptors (Lipinski definition) is 2. The lowest BCUT2D eigenvalue weighted by Crippen LogP contribution is -2.24. The minimum absolute atomic E-state index is 0.111. The molecule has 1 aromatic heterocycles. The van der Waals surface area contributed by atoms with E-state index in [1.807, 2.05) is 34.9 Å². The van der Waals surface area contributed by atoms with Crippen molar-refractivity contribution < 1.29 is 0 Å². The predicted octanol–water partition coefficient (Wildman–Crippen LogP) is 2.80. The second kappa shape index (κ2) is 3.46. The largest absolute Gasteiger partial charge is 0.385 e. The predicted molar refractivity (Wildman–Crippen MR) is 79.5 cm³/mol. The Labute approximate surface area is 117 Å². The van der Waals surface area contributed by atoms with Crippen molar-refractivity contribution in [3.63, 3.8) is 0 Å². The number of aromatic nitrogens is 1. The van der Waals surface area contributed by atoms with E-state index in [-0.39, 0.29) is 5.56 Å². The van der Waals surface area contributed by atoms with Crippen molar-refractivity contribution in [1.82, 2.24) is 4.57 Å². The van der Waals surface area contributed by atoms with Gasteiger partial charge in [0.15, 0.2) is 0 Å². The van der Waals surface area contributed by atoms with Crippen molar-refractivity contribution in [2.24, 2.45) is 23.7 Å². The van der Waals surface area contributed by atoms with Crippen LogP contribution in [0.3, 0.4) is 0 Å². The van der Waals surface area contributed by atoms with Gasteiger partial charge in [-0.1, -0.05) is 18.2 Å². The van der Waals surface area contributed by atoms with Crippen LogP contribution in [0.5, 0.6) is 0 Å². The van der Waals surface area contributed by atoms with E-state index in [1.54, 1.807) is 0 Å². The van der Waals surface area contributed by atoms with Gasteiger partial charge in [0.2, 0.25) is 0 Å². The molecule has 1 aromatic carbocycles. The molecule has 0 saturated heterocycles. The van der Waals surface area contributed by atoms with E-state index in [9.17, 15) is 4.79 Å². The van der Waals surface area contributed by atoms with E-state index in [0.29, 0.717) is 11.9 Å². The Bertz CT molecular complexity index is 762. The van der Waals surface area contributed by atoms with Crippen molar-refractivity contribution in [2.45, 2.75) is 25.3 Å². The van der Waals surface area contributed by atoms with E-state index in [1.165, 1.54) is 19.3 Å². The Morgan fingerprint density at radius 2 is 1.80 bits per heavy atom. The third kappa shape index (κ3) is 1.19. The molecule has 0 spiro atoms. The molecule has 0 radical (unpaired) electrons. The van der Waals surface area contributed by atoms with Crippen molar-refractivity contribution in [3.8, 4) is 0 Å². The zero-order chi connectivity index (χ0) is 13.4. The van der Waals surface area contributed by atoms with Crippen LogP contribution < -0.4 is 11.3 Å². The first-order chi connectivity index (χ1) is 9.75. The van der Waals surface area contributed by atoms with Crippen LogP contribution in [0, 0.1) is 23.7 Å².